The SMILES string of the molecule is O=C(c1ccc2[nH]ccc2c1)N1C2CCC1c1cncnc1C2. The van der Waals surface area contributed by atoms with Gasteiger partial charge in [0.1, 0.15) is 6.33 Å². The maximum absolute atomic E-state index is 13.1. The first-order chi connectivity index (χ1) is 11.3. The van der Waals surface area contributed by atoms with Gasteiger partial charge in [-0.15, -0.1) is 0 Å². The highest BCUT2D eigenvalue weighted by Crippen LogP contribution is 2.43. The van der Waals surface area contributed by atoms with E-state index in [2.05, 4.69) is 19.9 Å². The second-order valence-electron chi connectivity index (χ2n) is 6.37. The number of carbonyl (C=O) groups excluding carboxylic acids is 1. The van der Waals surface area contributed by atoms with E-state index in [1.807, 2.05) is 36.7 Å². The Kier molecular flexibility index (Phi) is 2.59. The summed E-state index contributed by atoms with van der Waals surface area (Å²) in [6, 6.07) is 8.25. The molecular formula is C18H16N4O. The van der Waals surface area contributed by atoms with Crippen LogP contribution in [0.15, 0.2) is 43.0 Å². The van der Waals surface area contributed by atoms with Gasteiger partial charge in [-0.3, -0.25) is 4.79 Å². The zero-order valence-corrected chi connectivity index (χ0v) is 12.6. The van der Waals surface area contributed by atoms with Crippen molar-refractivity contribution in [3.05, 3.63) is 59.8 Å². The first kappa shape index (κ1) is 12.8. The second kappa shape index (κ2) is 4.65. The predicted octanol–water partition coefficient (Wildman–Crippen LogP) is 2.86. The summed E-state index contributed by atoms with van der Waals surface area (Å²) in [6.07, 6.45) is 8.27. The normalized spacial score (nSPS) is 22.3. The van der Waals surface area contributed by atoms with Crippen LogP contribution in [-0.2, 0) is 6.42 Å². The number of amides is 1. The second-order valence-corrected chi connectivity index (χ2v) is 6.37. The Morgan fingerprint density at radius 1 is 1.26 bits per heavy atom. The fourth-order valence-electron chi connectivity index (χ4n) is 4.07. The Hall–Kier alpha value is -2.69. The first-order valence-corrected chi connectivity index (χ1v) is 8.00. The highest BCUT2D eigenvalue weighted by Gasteiger charge is 2.43. The lowest BCUT2D eigenvalue weighted by molar-refractivity contribution is 0.0644. The van der Waals surface area contributed by atoms with Gasteiger partial charge in [-0.25, -0.2) is 9.97 Å². The summed E-state index contributed by atoms with van der Waals surface area (Å²) < 4.78 is 0. The minimum absolute atomic E-state index is 0.120. The summed E-state index contributed by atoms with van der Waals surface area (Å²) in [7, 11) is 0. The molecule has 5 rings (SSSR count). The molecule has 2 unspecified atom stereocenters. The average molecular weight is 304 g/mol. The molecule has 2 aliphatic heterocycles. The molecule has 2 atom stereocenters. The van der Waals surface area contributed by atoms with E-state index in [0.29, 0.717) is 0 Å². The van der Waals surface area contributed by atoms with Gasteiger partial charge in [0.05, 0.1) is 11.7 Å². The van der Waals surface area contributed by atoms with Crippen LogP contribution in [0, 0.1) is 0 Å². The van der Waals surface area contributed by atoms with Gasteiger partial charge >= 0.3 is 0 Å². The summed E-state index contributed by atoms with van der Waals surface area (Å²) >= 11 is 0. The zero-order valence-electron chi connectivity index (χ0n) is 12.6. The van der Waals surface area contributed by atoms with E-state index in [1.165, 1.54) is 0 Å². The number of hydrogen-bond donors (Lipinski definition) is 1. The number of benzene rings is 1. The Bertz CT molecular complexity index is 916. The van der Waals surface area contributed by atoms with E-state index in [-0.39, 0.29) is 18.0 Å². The van der Waals surface area contributed by atoms with Crippen LogP contribution in [0.25, 0.3) is 10.9 Å². The molecule has 0 spiro atoms. The van der Waals surface area contributed by atoms with E-state index < -0.39 is 0 Å². The maximum Gasteiger partial charge on any atom is 0.254 e. The lowest BCUT2D eigenvalue weighted by atomic mass is 9.98. The smallest absolute Gasteiger partial charge is 0.254 e. The minimum Gasteiger partial charge on any atom is -0.361 e. The molecule has 2 aliphatic rings. The molecule has 2 aromatic heterocycles. The van der Waals surface area contributed by atoms with Crippen molar-refractivity contribution in [3.63, 3.8) is 0 Å². The molecule has 1 fully saturated rings. The number of aromatic amines is 1. The van der Waals surface area contributed by atoms with Crippen LogP contribution in [0.1, 0.15) is 40.5 Å². The van der Waals surface area contributed by atoms with Gasteiger partial charge in [0.15, 0.2) is 0 Å². The predicted molar refractivity (Wildman–Crippen MR) is 86.0 cm³/mol. The van der Waals surface area contributed by atoms with Gasteiger partial charge in [0, 0.05) is 46.9 Å². The molecule has 1 amide bonds. The lowest BCUT2D eigenvalue weighted by Crippen LogP contribution is -2.42. The highest BCUT2D eigenvalue weighted by atomic mass is 16.2. The molecule has 23 heavy (non-hydrogen) atoms. The van der Waals surface area contributed by atoms with Crippen LogP contribution >= 0.6 is 0 Å². The Labute approximate surface area is 133 Å². The molecule has 1 aromatic carbocycles. The Morgan fingerprint density at radius 3 is 3.17 bits per heavy atom. The molecule has 0 saturated carbocycles. The van der Waals surface area contributed by atoms with Crippen LogP contribution in [0.5, 0.6) is 0 Å². The number of aromatic nitrogens is 3. The molecule has 4 heterocycles. The van der Waals surface area contributed by atoms with Crippen molar-refractivity contribution in [1.82, 2.24) is 19.9 Å². The summed E-state index contributed by atoms with van der Waals surface area (Å²) in [5, 5.41) is 1.07. The van der Waals surface area contributed by atoms with Gasteiger partial charge < -0.3 is 9.88 Å². The van der Waals surface area contributed by atoms with Crippen LogP contribution in [0.3, 0.4) is 0 Å². The van der Waals surface area contributed by atoms with Gasteiger partial charge in [-0.2, -0.15) is 0 Å². The van der Waals surface area contributed by atoms with Gasteiger partial charge in [0.25, 0.3) is 5.91 Å². The fraction of sp³-hybridized carbons (Fsp3) is 0.278. The molecule has 5 nitrogen and oxygen atoms in total. The number of H-pyrrole nitrogens is 1. The van der Waals surface area contributed by atoms with Crippen molar-refractivity contribution < 1.29 is 4.79 Å². The average Bonchev–Trinajstić information content (AvgIpc) is 3.17. The number of hydrogen-bond acceptors (Lipinski definition) is 3. The molecule has 2 bridgehead atoms. The van der Waals surface area contributed by atoms with Crippen LogP contribution < -0.4 is 0 Å². The largest absolute Gasteiger partial charge is 0.361 e. The third-order valence-corrected chi connectivity index (χ3v) is 5.15. The number of nitrogens with zero attached hydrogens (tertiary/aromatic N) is 3. The van der Waals surface area contributed by atoms with Crippen molar-refractivity contribution in [2.45, 2.75) is 31.3 Å². The van der Waals surface area contributed by atoms with Crippen molar-refractivity contribution in [2.24, 2.45) is 0 Å². The van der Waals surface area contributed by atoms with Crippen molar-refractivity contribution in [3.8, 4) is 0 Å². The standard InChI is InChI=1S/C18H16N4O/c23-18(12-1-3-15-11(7-12)5-6-20-15)22-13-2-4-17(22)14-9-19-10-21-16(14)8-13/h1,3,5-7,9-10,13,17,20H,2,4,8H2. The van der Waals surface area contributed by atoms with Gasteiger partial charge in [-0.05, 0) is 37.1 Å². The molecule has 114 valence electrons. The van der Waals surface area contributed by atoms with Crippen molar-refractivity contribution in [1.29, 1.82) is 0 Å². The van der Waals surface area contributed by atoms with Crippen LogP contribution in [-0.4, -0.2) is 31.8 Å². The topological polar surface area (TPSA) is 61.9 Å². The third-order valence-electron chi connectivity index (χ3n) is 5.15. The van der Waals surface area contributed by atoms with Crippen molar-refractivity contribution >= 4 is 16.8 Å². The van der Waals surface area contributed by atoms with Crippen LogP contribution in [0.4, 0.5) is 0 Å². The summed E-state index contributed by atoms with van der Waals surface area (Å²) in [5.41, 5.74) is 4.05. The van der Waals surface area contributed by atoms with E-state index in [4.69, 9.17) is 0 Å². The molecule has 0 aliphatic carbocycles. The quantitative estimate of drug-likeness (QED) is 0.752. The summed E-state index contributed by atoms with van der Waals surface area (Å²) in [6.45, 7) is 0. The Morgan fingerprint density at radius 2 is 2.22 bits per heavy atom. The monoisotopic (exact) mass is 304 g/mol. The van der Waals surface area contributed by atoms with E-state index >= 15 is 0 Å². The molecule has 0 radical (unpaired) electrons. The molecule has 5 heteroatoms. The maximum atomic E-state index is 13.1. The summed E-state index contributed by atoms with van der Waals surface area (Å²) in [4.78, 5) is 26.9. The van der Waals surface area contributed by atoms with E-state index in [9.17, 15) is 4.79 Å². The first-order valence-electron chi connectivity index (χ1n) is 8.00. The van der Waals surface area contributed by atoms with Crippen LogP contribution in [0.2, 0.25) is 0 Å². The molecule has 3 aromatic rings. The number of fused-ring (bicyclic) bond motifs is 5. The lowest BCUT2D eigenvalue weighted by Gasteiger charge is -2.35. The molecule has 1 saturated heterocycles. The van der Waals surface area contributed by atoms with Gasteiger partial charge in [0.2, 0.25) is 0 Å². The number of nitrogens with one attached hydrogen (secondary N) is 1. The molecular weight excluding hydrogens is 288 g/mol. The van der Waals surface area contributed by atoms with Gasteiger partial charge in [-0.1, -0.05) is 0 Å². The number of rotatable bonds is 1. The van der Waals surface area contributed by atoms with E-state index in [0.717, 1.165) is 47.0 Å². The zero-order chi connectivity index (χ0) is 15.4. The number of carbonyl (C=O) groups is 1. The Balaban J connectivity index is 1.55. The fourth-order valence-corrected chi connectivity index (χ4v) is 4.07. The third kappa shape index (κ3) is 1.82. The minimum atomic E-state index is 0.120. The highest BCUT2D eigenvalue weighted by molar-refractivity contribution is 5.98. The van der Waals surface area contributed by atoms with E-state index in [1.54, 1.807) is 6.33 Å². The van der Waals surface area contributed by atoms with Crippen molar-refractivity contribution in [2.75, 3.05) is 0 Å². The summed E-state index contributed by atoms with van der Waals surface area (Å²) in [5.74, 6) is 0.120. The molecule has 1 N–H and O–H groups in total.